The van der Waals surface area contributed by atoms with Gasteiger partial charge in [-0.15, -0.1) is 23.1 Å². The molecule has 6 N–H and O–H groups in total. The number of nitrogens with one attached hydrogen (secondary N) is 1. The van der Waals surface area contributed by atoms with Gasteiger partial charge in [-0.2, -0.15) is 0 Å². The standard InChI is InChI=1S/C25H38N4O5S3/c1-5-6-13-9-16(29(3)11-13)23(33)28-18(22-20(31)19(30)21(32)24(34-22)35-4)12(2)36-25-27-15-8-7-14(26)10-17(15)37-25/h7-8,10,12-13,16,18-22,24,30-32H,5-6,9,11,26H2,1-4H3,(H,28,33)/t12-,13-,16-,18+,19?,20?,21?,22?,24?/m1/s1. The molecule has 206 valence electrons. The van der Waals surface area contributed by atoms with Gasteiger partial charge in [-0.25, -0.2) is 4.98 Å². The molecule has 4 rings (SSSR count). The van der Waals surface area contributed by atoms with Crippen LogP contribution in [0.4, 0.5) is 5.69 Å². The molecule has 1 aromatic heterocycles. The van der Waals surface area contributed by atoms with E-state index in [1.165, 1.54) is 34.9 Å². The van der Waals surface area contributed by atoms with Gasteiger partial charge in [0.1, 0.15) is 29.9 Å². The number of hydrogen-bond acceptors (Lipinski definition) is 11. The van der Waals surface area contributed by atoms with Crippen molar-refractivity contribution in [1.29, 1.82) is 0 Å². The van der Waals surface area contributed by atoms with Crippen molar-refractivity contribution in [3.05, 3.63) is 18.2 Å². The van der Waals surface area contributed by atoms with Crippen LogP contribution < -0.4 is 11.1 Å². The molecule has 3 heterocycles. The van der Waals surface area contributed by atoms with Crippen molar-refractivity contribution in [2.45, 2.75) is 84.6 Å². The number of nitrogen functional groups attached to an aromatic ring is 1. The van der Waals surface area contributed by atoms with Crippen LogP contribution in [0.5, 0.6) is 0 Å². The number of aliphatic hydroxyl groups excluding tert-OH is 3. The Morgan fingerprint density at radius 2 is 2.08 bits per heavy atom. The average molecular weight is 571 g/mol. The Bertz CT molecular complexity index is 1070. The number of carbonyl (C=O) groups excluding carboxylic acids is 1. The number of nitrogens with zero attached hydrogens (tertiary/aromatic N) is 2. The minimum absolute atomic E-state index is 0.118. The molecule has 37 heavy (non-hydrogen) atoms. The van der Waals surface area contributed by atoms with Crippen molar-refractivity contribution in [3.63, 3.8) is 0 Å². The maximum atomic E-state index is 13.6. The molecular formula is C25H38N4O5S3. The van der Waals surface area contributed by atoms with E-state index in [0.717, 1.165) is 40.4 Å². The molecule has 5 unspecified atom stereocenters. The zero-order valence-corrected chi connectivity index (χ0v) is 24.1. The number of likely N-dealkylation sites (N-methyl/N-ethyl adjacent to an activating group) is 1. The molecule has 0 spiro atoms. The number of carbonyl (C=O) groups is 1. The lowest BCUT2D eigenvalue weighted by atomic mass is 9.92. The highest BCUT2D eigenvalue weighted by atomic mass is 32.2. The smallest absolute Gasteiger partial charge is 0.237 e. The van der Waals surface area contributed by atoms with Crippen LogP contribution in [0, 0.1) is 5.92 Å². The van der Waals surface area contributed by atoms with Crippen LogP contribution in [0.25, 0.3) is 10.2 Å². The van der Waals surface area contributed by atoms with E-state index < -0.39 is 35.9 Å². The van der Waals surface area contributed by atoms with E-state index in [9.17, 15) is 20.1 Å². The number of nitrogens with two attached hydrogens (primary N) is 1. The third kappa shape index (κ3) is 6.38. The average Bonchev–Trinajstić information content (AvgIpc) is 3.43. The summed E-state index contributed by atoms with van der Waals surface area (Å²) < 4.78 is 7.88. The molecule has 2 aliphatic heterocycles. The van der Waals surface area contributed by atoms with E-state index in [2.05, 4.69) is 17.1 Å². The lowest BCUT2D eigenvalue weighted by Gasteiger charge is -2.44. The highest BCUT2D eigenvalue weighted by molar-refractivity contribution is 8.01. The van der Waals surface area contributed by atoms with Gasteiger partial charge in [0.05, 0.1) is 22.3 Å². The number of amides is 1. The van der Waals surface area contributed by atoms with Crippen molar-refractivity contribution in [3.8, 4) is 0 Å². The van der Waals surface area contributed by atoms with E-state index in [0.29, 0.717) is 11.6 Å². The second-order valence-electron chi connectivity index (χ2n) is 10.1. The summed E-state index contributed by atoms with van der Waals surface area (Å²) >= 11 is 4.25. The molecule has 2 aromatic rings. The van der Waals surface area contributed by atoms with Gasteiger partial charge in [0.15, 0.2) is 4.34 Å². The first-order chi connectivity index (χ1) is 17.6. The van der Waals surface area contributed by atoms with Crippen molar-refractivity contribution in [1.82, 2.24) is 15.2 Å². The summed E-state index contributed by atoms with van der Waals surface area (Å²) in [6.45, 7) is 4.98. The van der Waals surface area contributed by atoms with Gasteiger partial charge in [0, 0.05) is 17.5 Å². The first-order valence-corrected chi connectivity index (χ1v) is 15.7. The Morgan fingerprint density at radius 1 is 1.32 bits per heavy atom. The summed E-state index contributed by atoms with van der Waals surface area (Å²) in [5.74, 6) is 0.355. The quantitative estimate of drug-likeness (QED) is 0.225. The predicted octanol–water partition coefficient (Wildman–Crippen LogP) is 2.13. The van der Waals surface area contributed by atoms with Gasteiger partial charge in [0.2, 0.25) is 5.91 Å². The molecule has 0 saturated carbocycles. The lowest BCUT2D eigenvalue weighted by Crippen LogP contribution is -2.65. The fourth-order valence-corrected chi connectivity index (χ4v) is 8.50. The van der Waals surface area contributed by atoms with Gasteiger partial charge in [0.25, 0.3) is 0 Å². The Morgan fingerprint density at radius 3 is 2.78 bits per heavy atom. The van der Waals surface area contributed by atoms with Crippen LogP contribution in [-0.2, 0) is 9.53 Å². The molecule has 1 aromatic carbocycles. The van der Waals surface area contributed by atoms with Crippen LogP contribution in [0.1, 0.15) is 33.1 Å². The molecule has 2 fully saturated rings. The summed E-state index contributed by atoms with van der Waals surface area (Å²) in [5.41, 5.74) is 6.72. The molecule has 12 heteroatoms. The monoisotopic (exact) mass is 570 g/mol. The van der Waals surface area contributed by atoms with Crippen LogP contribution in [-0.4, -0.2) is 98.1 Å². The zero-order chi connectivity index (χ0) is 26.9. The summed E-state index contributed by atoms with van der Waals surface area (Å²) in [7, 11) is 1.97. The number of ether oxygens (including phenoxy) is 1. The van der Waals surface area contributed by atoms with E-state index in [4.69, 9.17) is 15.5 Å². The van der Waals surface area contributed by atoms with E-state index in [1.54, 1.807) is 6.26 Å². The van der Waals surface area contributed by atoms with Crippen molar-refractivity contribution in [2.24, 2.45) is 5.92 Å². The minimum Gasteiger partial charge on any atom is -0.399 e. The van der Waals surface area contributed by atoms with Crippen molar-refractivity contribution >= 4 is 56.7 Å². The fourth-order valence-electron chi connectivity index (χ4n) is 5.32. The van der Waals surface area contributed by atoms with Gasteiger partial charge in [-0.1, -0.05) is 32.0 Å². The number of fused-ring (bicyclic) bond motifs is 1. The number of aliphatic hydroxyl groups is 3. The highest BCUT2D eigenvalue weighted by Gasteiger charge is 2.49. The third-order valence-corrected chi connectivity index (χ3v) is 10.5. The van der Waals surface area contributed by atoms with E-state index in [1.807, 2.05) is 32.2 Å². The molecule has 1 amide bonds. The molecule has 0 aliphatic carbocycles. The molecule has 2 aliphatic rings. The Balaban J connectivity index is 1.58. The first kappa shape index (κ1) is 28.9. The number of anilines is 1. The third-order valence-electron chi connectivity index (χ3n) is 7.32. The van der Waals surface area contributed by atoms with Gasteiger partial charge >= 0.3 is 0 Å². The van der Waals surface area contributed by atoms with Crippen LogP contribution in [0.3, 0.4) is 0 Å². The van der Waals surface area contributed by atoms with Crippen LogP contribution in [0.2, 0.25) is 0 Å². The Hall–Kier alpha value is -1.12. The molecule has 9 atom stereocenters. The SMILES string of the molecule is CCC[C@@H]1C[C@H](C(=O)N[C@H](C2OC(SC)C(O)C(O)C2O)[C@@H](C)Sc2nc3ccc(N)cc3s2)N(C)C1. The summed E-state index contributed by atoms with van der Waals surface area (Å²) in [6, 6.07) is 4.67. The summed E-state index contributed by atoms with van der Waals surface area (Å²) in [6.07, 6.45) is -0.179. The molecule has 2 saturated heterocycles. The molecule has 0 radical (unpaired) electrons. The second-order valence-corrected chi connectivity index (χ2v) is 13.7. The number of rotatable bonds is 9. The lowest BCUT2D eigenvalue weighted by molar-refractivity contribution is -0.205. The van der Waals surface area contributed by atoms with Crippen LogP contribution >= 0.6 is 34.9 Å². The number of hydrogen-bond donors (Lipinski definition) is 5. The maximum Gasteiger partial charge on any atom is 0.237 e. The van der Waals surface area contributed by atoms with Crippen LogP contribution in [0.15, 0.2) is 22.5 Å². The largest absolute Gasteiger partial charge is 0.399 e. The highest BCUT2D eigenvalue weighted by Crippen LogP contribution is 2.37. The summed E-state index contributed by atoms with van der Waals surface area (Å²) in [5, 5.41) is 34.8. The number of likely N-dealkylation sites (tertiary alicyclic amines) is 1. The Kier molecular flexibility index (Phi) is 9.66. The summed E-state index contributed by atoms with van der Waals surface area (Å²) in [4.78, 5) is 20.3. The number of thioether (sulfide) groups is 2. The fraction of sp³-hybridized carbons (Fsp3) is 0.680. The molecule has 0 bridgehead atoms. The Labute approximate surface area is 230 Å². The predicted molar refractivity (Wildman–Crippen MR) is 151 cm³/mol. The normalized spacial score (nSPS) is 32.5. The topological polar surface area (TPSA) is 141 Å². The van der Waals surface area contributed by atoms with E-state index in [-0.39, 0.29) is 17.2 Å². The maximum absolute atomic E-state index is 13.6. The van der Waals surface area contributed by atoms with Gasteiger partial charge in [-0.3, -0.25) is 9.69 Å². The zero-order valence-electron chi connectivity index (χ0n) is 21.6. The minimum atomic E-state index is -1.39. The number of aromatic nitrogens is 1. The van der Waals surface area contributed by atoms with Gasteiger partial charge in [-0.05, 0) is 50.3 Å². The molecule has 9 nitrogen and oxygen atoms in total. The molecular weight excluding hydrogens is 532 g/mol. The van der Waals surface area contributed by atoms with E-state index >= 15 is 0 Å². The van der Waals surface area contributed by atoms with Crippen molar-refractivity contribution < 1.29 is 24.9 Å². The second kappa shape index (κ2) is 12.4. The first-order valence-electron chi connectivity index (χ1n) is 12.7. The van der Waals surface area contributed by atoms with Crippen molar-refractivity contribution in [2.75, 3.05) is 25.6 Å². The number of benzene rings is 1. The number of thiazole rings is 1. The van der Waals surface area contributed by atoms with Gasteiger partial charge < -0.3 is 31.1 Å².